The van der Waals surface area contributed by atoms with Gasteiger partial charge in [0.1, 0.15) is 5.75 Å². The van der Waals surface area contributed by atoms with Crippen molar-refractivity contribution in [3.63, 3.8) is 0 Å². The van der Waals surface area contributed by atoms with Gasteiger partial charge in [-0.15, -0.1) is 0 Å². The first kappa shape index (κ1) is 16.2. The van der Waals surface area contributed by atoms with Crippen LogP contribution in [0, 0.1) is 5.92 Å². The predicted molar refractivity (Wildman–Crippen MR) is 92.7 cm³/mol. The standard InChI is InChI=1S/C16H23Br2NO/c1-3-11-5-4-6-12(8-7-11)19-15-10-16(20-2)14(18)9-13(15)17/h9-12,19H,3-8H2,1-2H3. The van der Waals surface area contributed by atoms with Crippen LogP contribution in [0.5, 0.6) is 5.75 Å². The maximum absolute atomic E-state index is 5.38. The van der Waals surface area contributed by atoms with E-state index in [0.717, 1.165) is 26.3 Å². The lowest BCUT2D eigenvalue weighted by Crippen LogP contribution is -2.18. The lowest BCUT2D eigenvalue weighted by atomic mass is 9.98. The quantitative estimate of drug-likeness (QED) is 0.622. The van der Waals surface area contributed by atoms with Gasteiger partial charge in [0.25, 0.3) is 0 Å². The van der Waals surface area contributed by atoms with Crippen molar-refractivity contribution in [1.29, 1.82) is 0 Å². The second-order valence-corrected chi connectivity index (χ2v) is 7.30. The maximum atomic E-state index is 5.38. The third-order valence-electron chi connectivity index (χ3n) is 4.27. The van der Waals surface area contributed by atoms with Crippen molar-refractivity contribution in [2.24, 2.45) is 5.92 Å². The molecule has 0 saturated heterocycles. The summed E-state index contributed by atoms with van der Waals surface area (Å²) in [5.41, 5.74) is 1.13. The van der Waals surface area contributed by atoms with Gasteiger partial charge in [0.15, 0.2) is 0 Å². The summed E-state index contributed by atoms with van der Waals surface area (Å²) in [6.45, 7) is 2.31. The van der Waals surface area contributed by atoms with Gasteiger partial charge in [-0.2, -0.15) is 0 Å². The van der Waals surface area contributed by atoms with E-state index in [1.807, 2.05) is 6.07 Å². The van der Waals surface area contributed by atoms with Gasteiger partial charge in [-0.05, 0) is 63.1 Å². The van der Waals surface area contributed by atoms with Crippen molar-refractivity contribution in [1.82, 2.24) is 0 Å². The van der Waals surface area contributed by atoms with Crippen LogP contribution in [0.4, 0.5) is 5.69 Å². The molecule has 2 nitrogen and oxygen atoms in total. The summed E-state index contributed by atoms with van der Waals surface area (Å²) in [7, 11) is 1.70. The summed E-state index contributed by atoms with van der Waals surface area (Å²) in [4.78, 5) is 0. The monoisotopic (exact) mass is 403 g/mol. The Labute approximate surface area is 138 Å². The van der Waals surface area contributed by atoms with E-state index >= 15 is 0 Å². The number of hydrogen-bond acceptors (Lipinski definition) is 2. The molecule has 0 radical (unpaired) electrons. The van der Waals surface area contributed by atoms with E-state index in [4.69, 9.17) is 4.74 Å². The summed E-state index contributed by atoms with van der Waals surface area (Å²) in [6.07, 6.45) is 7.92. The Morgan fingerprint density at radius 3 is 2.65 bits per heavy atom. The highest BCUT2D eigenvalue weighted by molar-refractivity contribution is 9.11. The minimum Gasteiger partial charge on any atom is -0.495 e. The van der Waals surface area contributed by atoms with E-state index in [-0.39, 0.29) is 0 Å². The Morgan fingerprint density at radius 1 is 1.15 bits per heavy atom. The molecule has 0 spiro atoms. The van der Waals surface area contributed by atoms with Crippen LogP contribution in [-0.4, -0.2) is 13.2 Å². The SMILES string of the molecule is CCC1CCCC(Nc2cc(OC)c(Br)cc2Br)CC1. The van der Waals surface area contributed by atoms with Crippen LogP contribution < -0.4 is 10.1 Å². The van der Waals surface area contributed by atoms with Crippen LogP contribution in [0.25, 0.3) is 0 Å². The van der Waals surface area contributed by atoms with Crippen LogP contribution >= 0.6 is 31.9 Å². The zero-order valence-electron chi connectivity index (χ0n) is 12.2. The number of methoxy groups -OCH3 is 1. The number of anilines is 1. The van der Waals surface area contributed by atoms with E-state index in [2.05, 4.69) is 50.2 Å². The highest BCUT2D eigenvalue weighted by Crippen LogP contribution is 2.36. The molecule has 2 rings (SSSR count). The van der Waals surface area contributed by atoms with Gasteiger partial charge in [-0.25, -0.2) is 0 Å². The number of ether oxygens (including phenoxy) is 1. The lowest BCUT2D eigenvalue weighted by molar-refractivity contribution is 0.412. The molecule has 2 unspecified atom stereocenters. The molecule has 1 saturated carbocycles. The fraction of sp³-hybridized carbons (Fsp3) is 0.625. The molecule has 1 aromatic carbocycles. The lowest BCUT2D eigenvalue weighted by Gasteiger charge is -2.20. The van der Waals surface area contributed by atoms with E-state index in [0.29, 0.717) is 6.04 Å². The first-order valence-electron chi connectivity index (χ1n) is 7.43. The summed E-state index contributed by atoms with van der Waals surface area (Å²) >= 11 is 7.15. The largest absolute Gasteiger partial charge is 0.495 e. The highest BCUT2D eigenvalue weighted by atomic mass is 79.9. The molecular formula is C16H23Br2NO. The molecule has 1 aliphatic carbocycles. The van der Waals surface area contributed by atoms with Crippen molar-refractivity contribution < 1.29 is 4.74 Å². The van der Waals surface area contributed by atoms with Crippen molar-refractivity contribution >= 4 is 37.5 Å². The van der Waals surface area contributed by atoms with Crippen molar-refractivity contribution in [3.8, 4) is 5.75 Å². The van der Waals surface area contributed by atoms with Crippen molar-refractivity contribution in [2.75, 3.05) is 12.4 Å². The third-order valence-corrected chi connectivity index (χ3v) is 5.54. The molecule has 0 amide bonds. The fourth-order valence-electron chi connectivity index (χ4n) is 2.95. The van der Waals surface area contributed by atoms with Crippen LogP contribution in [-0.2, 0) is 0 Å². The Bertz CT molecular complexity index is 450. The van der Waals surface area contributed by atoms with E-state index < -0.39 is 0 Å². The van der Waals surface area contributed by atoms with Crippen LogP contribution in [0.2, 0.25) is 0 Å². The van der Waals surface area contributed by atoms with Gasteiger partial charge in [0, 0.05) is 16.6 Å². The van der Waals surface area contributed by atoms with E-state index in [1.54, 1.807) is 7.11 Å². The summed E-state index contributed by atoms with van der Waals surface area (Å²) in [6, 6.07) is 4.69. The second kappa shape index (κ2) is 7.69. The molecule has 112 valence electrons. The predicted octanol–water partition coefficient (Wildman–Crippen LogP) is 5.99. The number of hydrogen-bond donors (Lipinski definition) is 1. The minimum atomic E-state index is 0.578. The zero-order valence-corrected chi connectivity index (χ0v) is 15.4. The molecule has 0 aliphatic heterocycles. The normalized spacial score (nSPS) is 23.2. The molecule has 1 fully saturated rings. The zero-order chi connectivity index (χ0) is 14.5. The molecule has 1 N–H and O–H groups in total. The number of benzene rings is 1. The van der Waals surface area contributed by atoms with E-state index in [1.165, 1.54) is 38.5 Å². The average molecular weight is 405 g/mol. The smallest absolute Gasteiger partial charge is 0.135 e. The van der Waals surface area contributed by atoms with Gasteiger partial charge in [0.05, 0.1) is 17.3 Å². The number of nitrogens with one attached hydrogen (secondary N) is 1. The molecule has 0 bridgehead atoms. The molecule has 2 atom stereocenters. The fourth-order valence-corrected chi connectivity index (χ4v) is 4.22. The molecule has 0 aromatic heterocycles. The van der Waals surface area contributed by atoms with Gasteiger partial charge in [0.2, 0.25) is 0 Å². The Balaban J connectivity index is 2.06. The Kier molecular flexibility index (Phi) is 6.21. The molecule has 1 aliphatic rings. The Hall–Kier alpha value is -0.220. The van der Waals surface area contributed by atoms with Gasteiger partial charge >= 0.3 is 0 Å². The van der Waals surface area contributed by atoms with Gasteiger partial charge in [-0.3, -0.25) is 0 Å². The first-order valence-corrected chi connectivity index (χ1v) is 9.02. The molecule has 4 heteroatoms. The third kappa shape index (κ3) is 4.14. The molecule has 1 aromatic rings. The van der Waals surface area contributed by atoms with Gasteiger partial charge < -0.3 is 10.1 Å². The Morgan fingerprint density at radius 2 is 1.95 bits per heavy atom. The topological polar surface area (TPSA) is 21.3 Å². The molecule has 0 heterocycles. The van der Waals surface area contributed by atoms with Crippen LogP contribution in [0.1, 0.15) is 45.4 Å². The second-order valence-electron chi connectivity index (χ2n) is 5.59. The number of halogens is 2. The number of rotatable bonds is 4. The molecule has 20 heavy (non-hydrogen) atoms. The van der Waals surface area contributed by atoms with Crippen molar-refractivity contribution in [2.45, 2.75) is 51.5 Å². The van der Waals surface area contributed by atoms with Crippen LogP contribution in [0.3, 0.4) is 0 Å². The maximum Gasteiger partial charge on any atom is 0.135 e. The van der Waals surface area contributed by atoms with Crippen LogP contribution in [0.15, 0.2) is 21.1 Å². The van der Waals surface area contributed by atoms with Crippen molar-refractivity contribution in [3.05, 3.63) is 21.1 Å². The summed E-state index contributed by atoms with van der Waals surface area (Å²) in [5, 5.41) is 3.69. The average Bonchev–Trinajstić information content (AvgIpc) is 2.67. The first-order chi connectivity index (χ1) is 9.63. The van der Waals surface area contributed by atoms with E-state index in [9.17, 15) is 0 Å². The minimum absolute atomic E-state index is 0.578. The summed E-state index contributed by atoms with van der Waals surface area (Å²) < 4.78 is 7.44. The molecular weight excluding hydrogens is 382 g/mol. The van der Waals surface area contributed by atoms with Gasteiger partial charge in [-0.1, -0.05) is 26.2 Å². The highest BCUT2D eigenvalue weighted by Gasteiger charge is 2.18. The summed E-state index contributed by atoms with van der Waals surface area (Å²) in [5.74, 6) is 1.79.